The van der Waals surface area contributed by atoms with Crippen molar-refractivity contribution in [2.24, 2.45) is 5.92 Å². The fourth-order valence-corrected chi connectivity index (χ4v) is 3.33. The number of aromatic nitrogens is 1. The van der Waals surface area contributed by atoms with Gasteiger partial charge in [-0.15, -0.1) is 0 Å². The maximum Gasteiger partial charge on any atom is 0.341 e. The predicted octanol–water partition coefficient (Wildman–Crippen LogP) is 4.13. The molecule has 0 aliphatic heterocycles. The molecule has 6 heteroatoms. The zero-order chi connectivity index (χ0) is 20.4. The second kappa shape index (κ2) is 7.84. The fraction of sp³-hybridized carbons (Fsp3) is 0.273. The number of hydrogen-bond donors (Lipinski definition) is 1. The number of benzene rings is 2. The molecular formula is C22H23FN2O3. The second-order valence-electron chi connectivity index (χ2n) is 7.39. The minimum atomic E-state index is -1.28. The maximum absolute atomic E-state index is 14.9. The number of aromatic carboxylic acids is 1. The summed E-state index contributed by atoms with van der Waals surface area (Å²) in [4.78, 5) is 26.0. The highest BCUT2D eigenvalue weighted by atomic mass is 19.1. The van der Waals surface area contributed by atoms with Crippen LogP contribution in [0.25, 0.3) is 10.9 Å². The van der Waals surface area contributed by atoms with Gasteiger partial charge in [-0.05, 0) is 17.5 Å². The first kappa shape index (κ1) is 19.6. The Balaban J connectivity index is 2.16. The number of carboxylic acid groups (broad SMARTS) is 1. The van der Waals surface area contributed by atoms with Gasteiger partial charge in [-0.2, -0.15) is 0 Å². The van der Waals surface area contributed by atoms with Gasteiger partial charge in [0, 0.05) is 37.8 Å². The topological polar surface area (TPSA) is 62.5 Å². The van der Waals surface area contributed by atoms with Gasteiger partial charge >= 0.3 is 5.97 Å². The van der Waals surface area contributed by atoms with Crippen molar-refractivity contribution in [3.05, 3.63) is 75.8 Å². The Kier molecular flexibility index (Phi) is 5.49. The third-order valence-electron chi connectivity index (χ3n) is 4.61. The molecule has 1 N–H and O–H groups in total. The van der Waals surface area contributed by atoms with Gasteiger partial charge in [0.15, 0.2) is 0 Å². The Hall–Kier alpha value is -3.15. The van der Waals surface area contributed by atoms with Gasteiger partial charge in [-0.3, -0.25) is 4.79 Å². The van der Waals surface area contributed by atoms with Crippen molar-refractivity contribution < 1.29 is 14.3 Å². The van der Waals surface area contributed by atoms with Gasteiger partial charge in [-0.1, -0.05) is 44.2 Å². The third-order valence-corrected chi connectivity index (χ3v) is 4.61. The van der Waals surface area contributed by atoms with E-state index in [0.29, 0.717) is 18.6 Å². The summed E-state index contributed by atoms with van der Waals surface area (Å²) < 4.78 is 16.6. The molecule has 5 nitrogen and oxygen atoms in total. The Bertz CT molecular complexity index is 1070. The van der Waals surface area contributed by atoms with Crippen LogP contribution in [0.3, 0.4) is 0 Å². The molecule has 146 valence electrons. The van der Waals surface area contributed by atoms with E-state index in [-0.39, 0.29) is 22.6 Å². The molecule has 0 aliphatic rings. The molecule has 0 spiro atoms. The van der Waals surface area contributed by atoms with Crippen LogP contribution in [0.5, 0.6) is 0 Å². The SMILES string of the molecule is CC(C)Cn1cc(C(=O)O)c(=O)c2cc(N(C)Cc3ccccc3)c(F)cc21. The molecule has 1 heterocycles. The van der Waals surface area contributed by atoms with Crippen molar-refractivity contribution in [3.63, 3.8) is 0 Å². The van der Waals surface area contributed by atoms with Crippen LogP contribution in [0.4, 0.5) is 10.1 Å². The largest absolute Gasteiger partial charge is 0.477 e. The first-order valence-electron chi connectivity index (χ1n) is 9.13. The molecule has 0 radical (unpaired) electrons. The van der Waals surface area contributed by atoms with Gasteiger partial charge in [0.2, 0.25) is 5.43 Å². The summed E-state index contributed by atoms with van der Waals surface area (Å²) >= 11 is 0. The van der Waals surface area contributed by atoms with E-state index in [9.17, 15) is 19.1 Å². The van der Waals surface area contributed by atoms with Crippen LogP contribution in [0.15, 0.2) is 53.5 Å². The number of rotatable bonds is 6. The normalized spacial score (nSPS) is 11.2. The first-order chi connectivity index (χ1) is 13.3. The predicted molar refractivity (Wildman–Crippen MR) is 109 cm³/mol. The monoisotopic (exact) mass is 382 g/mol. The number of hydrogen-bond acceptors (Lipinski definition) is 3. The molecular weight excluding hydrogens is 359 g/mol. The van der Waals surface area contributed by atoms with Crippen molar-refractivity contribution in [1.82, 2.24) is 4.57 Å². The second-order valence-corrected chi connectivity index (χ2v) is 7.39. The number of carboxylic acids is 1. The van der Waals surface area contributed by atoms with Crippen LogP contribution in [0, 0.1) is 11.7 Å². The Labute approximate surface area is 162 Å². The maximum atomic E-state index is 14.9. The number of halogens is 1. The molecule has 1 aromatic heterocycles. The zero-order valence-electron chi connectivity index (χ0n) is 16.1. The summed E-state index contributed by atoms with van der Waals surface area (Å²) in [6.45, 7) is 4.89. The molecule has 28 heavy (non-hydrogen) atoms. The van der Waals surface area contributed by atoms with E-state index in [1.54, 1.807) is 16.5 Å². The van der Waals surface area contributed by atoms with Crippen molar-refractivity contribution in [2.45, 2.75) is 26.9 Å². The summed E-state index contributed by atoms with van der Waals surface area (Å²) in [5.74, 6) is -1.53. The third kappa shape index (κ3) is 3.91. The number of fused-ring (bicyclic) bond motifs is 1. The highest BCUT2D eigenvalue weighted by Crippen LogP contribution is 2.26. The fourth-order valence-electron chi connectivity index (χ4n) is 3.33. The van der Waals surface area contributed by atoms with Gasteiger partial charge in [0.05, 0.1) is 11.2 Å². The minimum Gasteiger partial charge on any atom is -0.477 e. The van der Waals surface area contributed by atoms with Crippen LogP contribution in [0.1, 0.15) is 29.8 Å². The first-order valence-corrected chi connectivity index (χ1v) is 9.13. The van der Waals surface area contributed by atoms with Crippen LogP contribution in [-0.2, 0) is 13.1 Å². The number of anilines is 1. The standard InChI is InChI=1S/C22H23FN2O3/c1-14(2)11-25-13-17(22(27)28)21(26)16-9-20(18(23)10-19(16)25)24(3)12-15-7-5-4-6-8-15/h4-10,13-14H,11-12H2,1-3H3,(H,27,28). The quantitative estimate of drug-likeness (QED) is 0.696. The molecule has 0 aliphatic carbocycles. The van der Waals surface area contributed by atoms with E-state index in [4.69, 9.17) is 0 Å². The van der Waals surface area contributed by atoms with Crippen molar-refractivity contribution >= 4 is 22.6 Å². The molecule has 0 saturated carbocycles. The van der Waals surface area contributed by atoms with Crippen molar-refractivity contribution in [3.8, 4) is 0 Å². The Morgan fingerprint density at radius 1 is 1.21 bits per heavy atom. The van der Waals surface area contributed by atoms with Crippen molar-refractivity contribution in [1.29, 1.82) is 0 Å². The smallest absolute Gasteiger partial charge is 0.341 e. The van der Waals surface area contributed by atoms with Crippen LogP contribution in [-0.4, -0.2) is 22.7 Å². The molecule has 0 amide bonds. The van der Waals surface area contributed by atoms with Gasteiger partial charge in [0.1, 0.15) is 11.4 Å². The average Bonchev–Trinajstić information content (AvgIpc) is 2.63. The molecule has 0 fully saturated rings. The molecule has 0 saturated heterocycles. The van der Waals surface area contributed by atoms with E-state index >= 15 is 0 Å². The molecule has 0 bridgehead atoms. The zero-order valence-corrected chi connectivity index (χ0v) is 16.1. The highest BCUT2D eigenvalue weighted by Gasteiger charge is 2.19. The van der Waals surface area contributed by atoms with Gasteiger partial charge in [0.25, 0.3) is 0 Å². The highest BCUT2D eigenvalue weighted by molar-refractivity contribution is 5.93. The lowest BCUT2D eigenvalue weighted by Crippen LogP contribution is -2.22. The summed E-state index contributed by atoms with van der Waals surface area (Å²) in [6, 6.07) is 12.4. The molecule has 3 rings (SSSR count). The summed E-state index contributed by atoms with van der Waals surface area (Å²) in [5, 5.41) is 9.62. The number of carbonyl (C=O) groups is 1. The molecule has 3 aromatic rings. The van der Waals surface area contributed by atoms with Gasteiger partial charge < -0.3 is 14.6 Å². The average molecular weight is 382 g/mol. The number of pyridine rings is 1. The van der Waals surface area contributed by atoms with Crippen molar-refractivity contribution in [2.75, 3.05) is 11.9 Å². The summed E-state index contributed by atoms with van der Waals surface area (Å²) in [7, 11) is 1.74. The van der Waals surface area contributed by atoms with E-state index in [1.807, 2.05) is 44.2 Å². The van der Waals surface area contributed by atoms with E-state index < -0.39 is 17.2 Å². The van der Waals surface area contributed by atoms with E-state index in [2.05, 4.69) is 0 Å². The minimum absolute atomic E-state index is 0.204. The lowest BCUT2D eigenvalue weighted by Gasteiger charge is -2.22. The summed E-state index contributed by atoms with van der Waals surface area (Å²) in [5.41, 5.74) is 0.749. The Morgan fingerprint density at radius 2 is 1.89 bits per heavy atom. The lowest BCUT2D eigenvalue weighted by molar-refractivity contribution is 0.0694. The molecule has 0 unspecified atom stereocenters. The van der Waals surface area contributed by atoms with Gasteiger partial charge in [-0.25, -0.2) is 9.18 Å². The summed E-state index contributed by atoms with van der Waals surface area (Å²) in [6.07, 6.45) is 1.31. The Morgan fingerprint density at radius 3 is 2.50 bits per heavy atom. The molecule has 2 aromatic carbocycles. The van der Waals surface area contributed by atoms with E-state index in [0.717, 1.165) is 5.56 Å². The molecule has 0 atom stereocenters. The lowest BCUT2D eigenvalue weighted by atomic mass is 10.1. The van der Waals surface area contributed by atoms with E-state index in [1.165, 1.54) is 18.3 Å². The van der Waals surface area contributed by atoms with Crippen LogP contribution < -0.4 is 10.3 Å². The number of nitrogens with zero attached hydrogens (tertiary/aromatic N) is 2. The van der Waals surface area contributed by atoms with Crippen LogP contribution in [0.2, 0.25) is 0 Å². The van der Waals surface area contributed by atoms with Crippen LogP contribution >= 0.6 is 0 Å².